The van der Waals surface area contributed by atoms with E-state index < -0.39 is 12.1 Å². The molecule has 0 heterocycles. The predicted molar refractivity (Wildman–Crippen MR) is 64.1 cm³/mol. The van der Waals surface area contributed by atoms with E-state index >= 15 is 0 Å². The molecule has 0 aliphatic rings. The highest BCUT2D eigenvalue weighted by Crippen LogP contribution is 2.17. The van der Waals surface area contributed by atoms with Crippen LogP contribution in [-0.2, 0) is 4.79 Å². The number of Topliss-reactive ketones (excluding diaryl/α,β-unsaturated/α-hetero) is 1. The van der Waals surface area contributed by atoms with Crippen molar-refractivity contribution in [3.8, 4) is 0 Å². The monoisotopic (exact) mass is 221 g/mol. The molecule has 0 aliphatic heterocycles. The van der Waals surface area contributed by atoms with Crippen molar-refractivity contribution in [3.63, 3.8) is 0 Å². The Kier molecular flexibility index (Phi) is 4.65. The summed E-state index contributed by atoms with van der Waals surface area (Å²) in [5, 5.41) is 13.2. The van der Waals surface area contributed by atoms with Gasteiger partial charge in [0, 0.05) is 6.04 Å². The molecule has 2 N–H and O–H groups in total. The molecule has 0 radical (unpaired) electrons. The van der Waals surface area contributed by atoms with Crippen molar-refractivity contribution in [2.24, 2.45) is 0 Å². The van der Waals surface area contributed by atoms with Crippen molar-refractivity contribution < 1.29 is 9.90 Å². The van der Waals surface area contributed by atoms with Gasteiger partial charge in [0.15, 0.2) is 0 Å². The lowest BCUT2D eigenvalue weighted by molar-refractivity contribution is -0.122. The molecule has 0 saturated heterocycles. The lowest BCUT2D eigenvalue weighted by Crippen LogP contribution is -2.44. The van der Waals surface area contributed by atoms with Crippen LogP contribution in [0.4, 0.5) is 0 Å². The number of nitrogens with one attached hydrogen (secondary N) is 1. The van der Waals surface area contributed by atoms with E-state index in [2.05, 4.69) is 5.32 Å². The van der Waals surface area contributed by atoms with Crippen molar-refractivity contribution in [1.29, 1.82) is 0 Å². The zero-order valence-electron chi connectivity index (χ0n) is 9.97. The molecule has 3 heteroatoms. The van der Waals surface area contributed by atoms with Crippen molar-refractivity contribution in [2.45, 2.75) is 39.0 Å². The molecular weight excluding hydrogens is 202 g/mol. The van der Waals surface area contributed by atoms with Gasteiger partial charge < -0.3 is 10.4 Å². The Morgan fingerprint density at radius 2 is 1.81 bits per heavy atom. The maximum absolute atomic E-state index is 11.5. The molecule has 0 fully saturated rings. The summed E-state index contributed by atoms with van der Waals surface area (Å²) in [5.74, 6) is -0.0509. The smallest absolute Gasteiger partial charge is 0.149 e. The first-order chi connectivity index (χ1) is 7.52. The van der Waals surface area contributed by atoms with E-state index in [9.17, 15) is 9.90 Å². The summed E-state index contributed by atoms with van der Waals surface area (Å²) in [7, 11) is 0. The topological polar surface area (TPSA) is 49.3 Å². The highest BCUT2D eigenvalue weighted by Gasteiger charge is 2.25. The van der Waals surface area contributed by atoms with Crippen LogP contribution in [0.5, 0.6) is 0 Å². The number of ketones is 1. The molecule has 0 unspecified atom stereocenters. The fourth-order valence-electron chi connectivity index (χ4n) is 1.63. The van der Waals surface area contributed by atoms with E-state index in [1.807, 2.05) is 44.2 Å². The maximum atomic E-state index is 11.5. The zero-order chi connectivity index (χ0) is 12.1. The van der Waals surface area contributed by atoms with Crippen LogP contribution >= 0.6 is 0 Å². The van der Waals surface area contributed by atoms with Gasteiger partial charge in [0.2, 0.25) is 0 Å². The summed E-state index contributed by atoms with van der Waals surface area (Å²) in [6, 6.07) is 8.85. The van der Waals surface area contributed by atoms with E-state index in [1.54, 1.807) is 0 Å². The molecule has 0 aromatic heterocycles. The van der Waals surface area contributed by atoms with Crippen LogP contribution in [-0.4, -0.2) is 23.0 Å². The Labute approximate surface area is 96.5 Å². The van der Waals surface area contributed by atoms with Gasteiger partial charge in [-0.25, -0.2) is 0 Å². The molecule has 2 atom stereocenters. The Morgan fingerprint density at radius 3 is 2.25 bits per heavy atom. The minimum Gasteiger partial charge on any atom is -0.386 e. The highest BCUT2D eigenvalue weighted by molar-refractivity contribution is 5.82. The van der Waals surface area contributed by atoms with Gasteiger partial charge in [-0.3, -0.25) is 4.79 Å². The summed E-state index contributed by atoms with van der Waals surface area (Å²) >= 11 is 0. The van der Waals surface area contributed by atoms with Gasteiger partial charge in [0.25, 0.3) is 0 Å². The third-order valence-corrected chi connectivity index (χ3v) is 2.41. The SMILES string of the molecule is CC(=O)[C@@H](NC(C)C)[C@@H](O)c1ccccc1. The van der Waals surface area contributed by atoms with E-state index in [-0.39, 0.29) is 11.8 Å². The van der Waals surface area contributed by atoms with Gasteiger partial charge in [0.05, 0.1) is 6.04 Å². The van der Waals surface area contributed by atoms with Crippen molar-refractivity contribution >= 4 is 5.78 Å². The lowest BCUT2D eigenvalue weighted by Gasteiger charge is -2.24. The van der Waals surface area contributed by atoms with Crippen molar-refractivity contribution in [3.05, 3.63) is 35.9 Å². The number of hydrogen-bond acceptors (Lipinski definition) is 3. The molecule has 1 aromatic carbocycles. The fraction of sp³-hybridized carbons (Fsp3) is 0.462. The number of rotatable bonds is 5. The van der Waals surface area contributed by atoms with Crippen LogP contribution in [0.2, 0.25) is 0 Å². The minimum absolute atomic E-state index is 0.0509. The molecule has 3 nitrogen and oxygen atoms in total. The molecule has 0 bridgehead atoms. The van der Waals surface area contributed by atoms with Crippen LogP contribution in [0.3, 0.4) is 0 Å². The fourth-order valence-corrected chi connectivity index (χ4v) is 1.63. The van der Waals surface area contributed by atoms with E-state index in [1.165, 1.54) is 6.92 Å². The number of carbonyl (C=O) groups excluding carboxylic acids is 1. The average molecular weight is 221 g/mol. The number of benzene rings is 1. The number of hydrogen-bond donors (Lipinski definition) is 2. The summed E-state index contributed by atoms with van der Waals surface area (Å²) in [6.45, 7) is 5.40. The number of aliphatic hydroxyl groups excluding tert-OH is 1. The van der Waals surface area contributed by atoms with Gasteiger partial charge >= 0.3 is 0 Å². The second-order valence-corrected chi connectivity index (χ2v) is 4.27. The molecule has 16 heavy (non-hydrogen) atoms. The van der Waals surface area contributed by atoms with Crippen LogP contribution in [0.1, 0.15) is 32.4 Å². The third-order valence-electron chi connectivity index (χ3n) is 2.41. The number of aliphatic hydroxyl groups is 1. The Balaban J connectivity index is 2.83. The first-order valence-electron chi connectivity index (χ1n) is 5.52. The normalized spacial score (nSPS) is 14.8. The molecule has 0 amide bonds. The summed E-state index contributed by atoms with van der Waals surface area (Å²) in [5.41, 5.74) is 0.760. The van der Waals surface area contributed by atoms with Crippen LogP contribution in [0, 0.1) is 0 Å². The van der Waals surface area contributed by atoms with Crippen molar-refractivity contribution in [2.75, 3.05) is 0 Å². The largest absolute Gasteiger partial charge is 0.386 e. The van der Waals surface area contributed by atoms with Gasteiger partial charge in [-0.15, -0.1) is 0 Å². The maximum Gasteiger partial charge on any atom is 0.149 e. The standard InChI is InChI=1S/C13H19NO2/c1-9(2)14-12(10(3)15)13(16)11-7-5-4-6-8-11/h4-9,12-14,16H,1-3H3/t12-,13+/m1/s1. The highest BCUT2D eigenvalue weighted by atomic mass is 16.3. The van der Waals surface area contributed by atoms with Crippen LogP contribution in [0.25, 0.3) is 0 Å². The van der Waals surface area contributed by atoms with E-state index in [4.69, 9.17) is 0 Å². The van der Waals surface area contributed by atoms with E-state index in [0.29, 0.717) is 0 Å². The number of carbonyl (C=O) groups is 1. The zero-order valence-corrected chi connectivity index (χ0v) is 9.97. The molecular formula is C13H19NO2. The molecule has 1 aromatic rings. The quantitative estimate of drug-likeness (QED) is 0.795. The van der Waals surface area contributed by atoms with Gasteiger partial charge in [-0.2, -0.15) is 0 Å². The second-order valence-electron chi connectivity index (χ2n) is 4.27. The van der Waals surface area contributed by atoms with E-state index in [0.717, 1.165) is 5.56 Å². The second kappa shape index (κ2) is 5.77. The van der Waals surface area contributed by atoms with Gasteiger partial charge in [0.1, 0.15) is 11.9 Å². The molecule has 88 valence electrons. The van der Waals surface area contributed by atoms with Crippen LogP contribution < -0.4 is 5.32 Å². The first kappa shape index (κ1) is 12.9. The third kappa shape index (κ3) is 3.43. The summed E-state index contributed by atoms with van der Waals surface area (Å²) < 4.78 is 0. The summed E-state index contributed by atoms with van der Waals surface area (Å²) in [6.07, 6.45) is -0.791. The molecule has 0 saturated carbocycles. The molecule has 1 rings (SSSR count). The van der Waals surface area contributed by atoms with Gasteiger partial charge in [-0.1, -0.05) is 44.2 Å². The minimum atomic E-state index is -0.791. The summed E-state index contributed by atoms with van der Waals surface area (Å²) in [4.78, 5) is 11.5. The Morgan fingerprint density at radius 1 is 1.25 bits per heavy atom. The molecule has 0 spiro atoms. The van der Waals surface area contributed by atoms with Crippen LogP contribution in [0.15, 0.2) is 30.3 Å². The predicted octanol–water partition coefficient (Wildman–Crippen LogP) is 1.68. The Hall–Kier alpha value is -1.19. The van der Waals surface area contributed by atoms with Crippen molar-refractivity contribution in [1.82, 2.24) is 5.32 Å². The lowest BCUT2D eigenvalue weighted by atomic mass is 9.99. The average Bonchev–Trinajstić information content (AvgIpc) is 2.25. The Bertz CT molecular complexity index is 335. The van der Waals surface area contributed by atoms with Gasteiger partial charge in [-0.05, 0) is 12.5 Å². The molecule has 0 aliphatic carbocycles. The first-order valence-corrected chi connectivity index (χ1v) is 5.52.